The molecule has 1 N–H and O–H groups in total. The Morgan fingerprint density at radius 3 is 3.09 bits per heavy atom. The summed E-state index contributed by atoms with van der Waals surface area (Å²) in [6.45, 7) is 2.65. The summed E-state index contributed by atoms with van der Waals surface area (Å²) in [4.78, 5) is 23.3. The van der Waals surface area contributed by atoms with Crippen molar-refractivity contribution < 1.29 is 19.1 Å². The molecule has 6 heteroatoms. The standard InChI is InChI=1S/C17H20ClNO4/c1-10-5-15-13(7-17(21)23-15)14(10)8-19-16(20)9-22-12-4-2-3-11(18)6-12/h2-4,6,10,13-15H,5,7-9H2,1H3,(H,19,20)/t10-,13-,14+,15+/m1/s1. The fourth-order valence-electron chi connectivity index (χ4n) is 3.58. The minimum Gasteiger partial charge on any atom is -0.484 e. The summed E-state index contributed by atoms with van der Waals surface area (Å²) in [6, 6.07) is 6.94. The maximum Gasteiger partial charge on any atom is 0.306 e. The van der Waals surface area contributed by atoms with Crippen LogP contribution in [-0.4, -0.2) is 31.1 Å². The molecule has 1 saturated heterocycles. The quantitative estimate of drug-likeness (QED) is 0.838. The topological polar surface area (TPSA) is 64.6 Å². The Bertz CT molecular complexity index is 606. The van der Waals surface area contributed by atoms with Crippen LogP contribution < -0.4 is 10.1 Å². The van der Waals surface area contributed by atoms with Gasteiger partial charge in [0.1, 0.15) is 11.9 Å². The smallest absolute Gasteiger partial charge is 0.306 e. The molecule has 124 valence electrons. The molecule has 2 aliphatic rings. The van der Waals surface area contributed by atoms with E-state index < -0.39 is 0 Å². The molecule has 23 heavy (non-hydrogen) atoms. The number of esters is 1. The van der Waals surface area contributed by atoms with Gasteiger partial charge in [-0.1, -0.05) is 24.6 Å². The largest absolute Gasteiger partial charge is 0.484 e. The summed E-state index contributed by atoms with van der Waals surface area (Å²) in [5.41, 5.74) is 0. The first-order valence-corrected chi connectivity index (χ1v) is 8.25. The maximum absolute atomic E-state index is 12.0. The minimum absolute atomic E-state index is 0.0297. The van der Waals surface area contributed by atoms with Crippen molar-refractivity contribution in [3.05, 3.63) is 29.3 Å². The predicted molar refractivity (Wildman–Crippen MR) is 85.2 cm³/mol. The van der Waals surface area contributed by atoms with Crippen LogP contribution in [0.1, 0.15) is 19.8 Å². The molecule has 5 nitrogen and oxygen atoms in total. The van der Waals surface area contributed by atoms with Gasteiger partial charge >= 0.3 is 5.97 Å². The van der Waals surface area contributed by atoms with Gasteiger partial charge in [-0.05, 0) is 36.5 Å². The zero-order valence-corrected chi connectivity index (χ0v) is 13.7. The third-order valence-corrected chi connectivity index (χ3v) is 4.98. The van der Waals surface area contributed by atoms with E-state index in [-0.39, 0.29) is 36.4 Å². The Kier molecular flexibility index (Phi) is 4.76. The van der Waals surface area contributed by atoms with E-state index >= 15 is 0 Å². The van der Waals surface area contributed by atoms with Gasteiger partial charge in [-0.3, -0.25) is 9.59 Å². The number of ether oxygens (including phenoxy) is 2. The van der Waals surface area contributed by atoms with Crippen molar-refractivity contribution in [2.45, 2.75) is 25.9 Å². The van der Waals surface area contributed by atoms with Gasteiger partial charge < -0.3 is 14.8 Å². The molecule has 3 rings (SSSR count). The van der Waals surface area contributed by atoms with Crippen molar-refractivity contribution in [1.29, 1.82) is 0 Å². The second-order valence-corrected chi connectivity index (χ2v) is 6.76. The second kappa shape index (κ2) is 6.79. The van der Waals surface area contributed by atoms with Crippen LogP contribution in [0.15, 0.2) is 24.3 Å². The number of hydrogen-bond acceptors (Lipinski definition) is 4. The number of halogens is 1. The van der Waals surface area contributed by atoms with Crippen molar-refractivity contribution in [3.8, 4) is 5.75 Å². The number of carbonyl (C=O) groups excluding carboxylic acids is 2. The lowest BCUT2D eigenvalue weighted by atomic mass is 9.88. The fraction of sp³-hybridized carbons (Fsp3) is 0.529. The van der Waals surface area contributed by atoms with E-state index in [2.05, 4.69) is 12.2 Å². The fourth-order valence-corrected chi connectivity index (χ4v) is 3.76. The number of rotatable bonds is 5. The number of amides is 1. The monoisotopic (exact) mass is 337 g/mol. The van der Waals surface area contributed by atoms with Crippen LogP contribution in [0.4, 0.5) is 0 Å². The highest BCUT2D eigenvalue weighted by atomic mass is 35.5. The van der Waals surface area contributed by atoms with Crippen LogP contribution in [0.2, 0.25) is 5.02 Å². The average molecular weight is 338 g/mol. The maximum atomic E-state index is 12.0. The number of nitrogens with one attached hydrogen (secondary N) is 1. The SMILES string of the molecule is C[C@@H]1C[C@@H]2OC(=O)C[C@@H]2[C@H]1CNC(=O)COc1cccc(Cl)c1. The Morgan fingerprint density at radius 2 is 2.30 bits per heavy atom. The molecule has 1 aliphatic carbocycles. The van der Waals surface area contributed by atoms with Gasteiger partial charge in [0.2, 0.25) is 0 Å². The molecule has 1 heterocycles. The zero-order chi connectivity index (χ0) is 16.4. The summed E-state index contributed by atoms with van der Waals surface area (Å²) >= 11 is 5.87. The Hall–Kier alpha value is -1.75. The summed E-state index contributed by atoms with van der Waals surface area (Å²) < 4.78 is 10.7. The third kappa shape index (κ3) is 3.78. The van der Waals surface area contributed by atoms with Crippen molar-refractivity contribution in [2.75, 3.05) is 13.2 Å². The summed E-state index contributed by atoms with van der Waals surface area (Å²) in [5.74, 6) is 1.22. The van der Waals surface area contributed by atoms with Crippen LogP contribution >= 0.6 is 11.6 Å². The lowest BCUT2D eigenvalue weighted by molar-refractivity contribution is -0.141. The molecule has 0 unspecified atom stereocenters. The highest BCUT2D eigenvalue weighted by Crippen LogP contribution is 2.44. The Balaban J connectivity index is 1.46. The number of carbonyl (C=O) groups is 2. The summed E-state index contributed by atoms with van der Waals surface area (Å²) in [7, 11) is 0. The molecular weight excluding hydrogens is 318 g/mol. The van der Waals surface area contributed by atoms with E-state index in [1.54, 1.807) is 24.3 Å². The van der Waals surface area contributed by atoms with Crippen LogP contribution in [0.3, 0.4) is 0 Å². The Labute approximate surface area is 140 Å². The first-order chi connectivity index (χ1) is 11.0. The van der Waals surface area contributed by atoms with E-state index in [0.29, 0.717) is 29.7 Å². The summed E-state index contributed by atoms with van der Waals surface area (Å²) in [6.07, 6.45) is 1.38. The highest BCUT2D eigenvalue weighted by Gasteiger charge is 2.48. The van der Waals surface area contributed by atoms with Crippen LogP contribution in [-0.2, 0) is 14.3 Å². The van der Waals surface area contributed by atoms with E-state index in [9.17, 15) is 9.59 Å². The van der Waals surface area contributed by atoms with Crippen molar-refractivity contribution in [3.63, 3.8) is 0 Å². The van der Waals surface area contributed by atoms with E-state index in [1.165, 1.54) is 0 Å². The van der Waals surface area contributed by atoms with Gasteiger partial charge in [0.05, 0.1) is 6.42 Å². The van der Waals surface area contributed by atoms with E-state index in [0.717, 1.165) is 6.42 Å². The molecule has 0 aromatic heterocycles. The lowest BCUT2D eigenvalue weighted by Crippen LogP contribution is -2.36. The molecule has 1 aromatic carbocycles. The average Bonchev–Trinajstić information content (AvgIpc) is 2.98. The predicted octanol–water partition coefficient (Wildman–Crippen LogP) is 2.42. The van der Waals surface area contributed by atoms with E-state index in [4.69, 9.17) is 21.1 Å². The molecule has 1 aliphatic heterocycles. The van der Waals surface area contributed by atoms with Gasteiger partial charge in [0, 0.05) is 17.5 Å². The summed E-state index contributed by atoms with van der Waals surface area (Å²) in [5, 5.41) is 3.47. The van der Waals surface area contributed by atoms with Gasteiger partial charge in [-0.25, -0.2) is 0 Å². The van der Waals surface area contributed by atoms with Gasteiger partial charge in [-0.2, -0.15) is 0 Å². The van der Waals surface area contributed by atoms with Crippen LogP contribution in [0.25, 0.3) is 0 Å². The van der Waals surface area contributed by atoms with Crippen LogP contribution in [0, 0.1) is 17.8 Å². The van der Waals surface area contributed by atoms with Gasteiger partial charge in [-0.15, -0.1) is 0 Å². The molecule has 0 spiro atoms. The zero-order valence-electron chi connectivity index (χ0n) is 13.0. The van der Waals surface area contributed by atoms with Crippen molar-refractivity contribution >= 4 is 23.5 Å². The van der Waals surface area contributed by atoms with Crippen molar-refractivity contribution in [2.24, 2.45) is 17.8 Å². The minimum atomic E-state index is -0.175. The third-order valence-electron chi connectivity index (χ3n) is 4.75. The Morgan fingerprint density at radius 1 is 1.48 bits per heavy atom. The normalized spacial score (nSPS) is 29.0. The highest BCUT2D eigenvalue weighted by molar-refractivity contribution is 6.30. The number of fused-ring (bicyclic) bond motifs is 1. The molecule has 0 bridgehead atoms. The van der Waals surface area contributed by atoms with Gasteiger partial charge in [0.25, 0.3) is 5.91 Å². The van der Waals surface area contributed by atoms with Crippen molar-refractivity contribution in [1.82, 2.24) is 5.32 Å². The first kappa shape index (κ1) is 16.1. The molecule has 0 radical (unpaired) electrons. The van der Waals surface area contributed by atoms with E-state index in [1.807, 2.05) is 0 Å². The van der Waals surface area contributed by atoms with Crippen LogP contribution in [0.5, 0.6) is 5.75 Å². The number of hydrogen-bond donors (Lipinski definition) is 1. The lowest BCUT2D eigenvalue weighted by Gasteiger charge is -2.20. The molecule has 1 amide bonds. The first-order valence-electron chi connectivity index (χ1n) is 7.87. The molecule has 1 saturated carbocycles. The molecular formula is C17H20ClNO4. The second-order valence-electron chi connectivity index (χ2n) is 6.32. The molecule has 4 atom stereocenters. The van der Waals surface area contributed by atoms with Gasteiger partial charge in [0.15, 0.2) is 6.61 Å². The number of benzene rings is 1. The molecule has 1 aromatic rings. The molecule has 2 fully saturated rings.